The van der Waals surface area contributed by atoms with Gasteiger partial charge in [0, 0.05) is 29.5 Å². The lowest BCUT2D eigenvalue weighted by Crippen LogP contribution is -2.11. The van der Waals surface area contributed by atoms with Crippen LogP contribution in [0, 0.1) is 0 Å². The molecule has 1 N–H and O–H groups in total. The second kappa shape index (κ2) is 11.0. The molecule has 1 aliphatic rings. The lowest BCUT2D eigenvalue weighted by Gasteiger charge is -2.22. The molecule has 0 saturated heterocycles. The Bertz CT molecular complexity index is 1520. The van der Waals surface area contributed by atoms with Gasteiger partial charge in [0.1, 0.15) is 22.8 Å². The number of anilines is 1. The Morgan fingerprint density at radius 3 is 2.62 bits per heavy atom. The van der Waals surface area contributed by atoms with Crippen molar-refractivity contribution < 1.29 is 27.4 Å². The minimum atomic E-state index is -4.21. The van der Waals surface area contributed by atoms with Crippen LogP contribution in [0.25, 0.3) is 16.6 Å². The minimum absolute atomic E-state index is 0.0756. The molecule has 0 bridgehead atoms. The normalized spacial score (nSPS) is 17.1. The highest BCUT2D eigenvalue weighted by atomic mass is 19.4. The summed E-state index contributed by atoms with van der Waals surface area (Å²) in [5.74, 6) is 2.92. The Morgan fingerprint density at radius 2 is 1.87 bits per heavy atom. The summed E-state index contributed by atoms with van der Waals surface area (Å²) in [5, 5.41) is 8.93. The van der Waals surface area contributed by atoms with Crippen molar-refractivity contribution >= 4 is 22.5 Å². The maximum atomic E-state index is 12.8. The van der Waals surface area contributed by atoms with Gasteiger partial charge in [-0.25, -0.2) is 9.97 Å². The van der Waals surface area contributed by atoms with Crippen molar-refractivity contribution in [3.63, 3.8) is 0 Å². The number of hydrogen-bond acceptors (Lipinski definition) is 7. The largest absolute Gasteiger partial charge is 0.497 e. The summed E-state index contributed by atoms with van der Waals surface area (Å²) in [4.78, 5) is 9.71. The molecule has 1 fully saturated rings. The highest BCUT2D eigenvalue weighted by Crippen LogP contribution is 2.37. The summed E-state index contributed by atoms with van der Waals surface area (Å²) in [6.45, 7) is 0.388. The molecule has 1 saturated carbocycles. The summed E-state index contributed by atoms with van der Waals surface area (Å²) in [7, 11) is 4.78. The van der Waals surface area contributed by atoms with Gasteiger partial charge in [0.2, 0.25) is 5.95 Å². The van der Waals surface area contributed by atoms with Crippen molar-refractivity contribution in [1.29, 1.82) is 0 Å². The van der Waals surface area contributed by atoms with Gasteiger partial charge in [-0.1, -0.05) is 17.7 Å². The number of aromatic nitrogens is 4. The van der Waals surface area contributed by atoms with E-state index in [1.807, 2.05) is 36.4 Å². The van der Waals surface area contributed by atoms with Gasteiger partial charge in [-0.15, -0.1) is 5.10 Å². The summed E-state index contributed by atoms with van der Waals surface area (Å²) in [6, 6.07) is 11.2. The molecular weight excluding hydrogens is 511 g/mol. The molecule has 1 atom stereocenters. The molecule has 2 aromatic carbocycles. The number of allylic oxidation sites excluding steroid dienone is 2. The molecule has 8 nitrogen and oxygen atoms in total. The predicted molar refractivity (Wildman–Crippen MR) is 142 cm³/mol. The SMILES string of the molecule is COc1ccc(CNc2nc3c(OC)cccc3c3nc(C4CCCC(=CCC(F)(F)F)C4)nn23)c(OC)c1. The Labute approximate surface area is 223 Å². The fraction of sp³-hybridized carbons (Fsp3) is 0.393. The van der Waals surface area contributed by atoms with Gasteiger partial charge in [0.05, 0.1) is 27.8 Å². The molecule has 0 radical (unpaired) electrons. The zero-order chi connectivity index (χ0) is 27.6. The lowest BCUT2D eigenvalue weighted by atomic mass is 9.84. The molecule has 0 spiro atoms. The molecule has 2 aromatic heterocycles. The summed E-state index contributed by atoms with van der Waals surface area (Å²) < 4.78 is 56.4. The van der Waals surface area contributed by atoms with Crippen LogP contribution in [0.4, 0.5) is 19.1 Å². The summed E-state index contributed by atoms with van der Waals surface area (Å²) >= 11 is 0. The van der Waals surface area contributed by atoms with Crippen LogP contribution in [0.5, 0.6) is 17.2 Å². The summed E-state index contributed by atoms with van der Waals surface area (Å²) in [5.41, 5.74) is 2.92. The highest BCUT2D eigenvalue weighted by Gasteiger charge is 2.28. The van der Waals surface area contributed by atoms with Crippen LogP contribution in [0.15, 0.2) is 48.0 Å². The average Bonchev–Trinajstić information content (AvgIpc) is 3.40. The van der Waals surface area contributed by atoms with E-state index in [0.717, 1.165) is 29.4 Å². The molecule has 2 heterocycles. The number of halogens is 3. The van der Waals surface area contributed by atoms with Crippen LogP contribution in [-0.4, -0.2) is 47.1 Å². The molecular formula is C28H30F3N5O3. The van der Waals surface area contributed by atoms with Crippen molar-refractivity contribution in [2.45, 2.75) is 50.7 Å². The molecule has 5 rings (SSSR count). The average molecular weight is 542 g/mol. The van der Waals surface area contributed by atoms with E-state index < -0.39 is 12.6 Å². The van der Waals surface area contributed by atoms with Gasteiger partial charge >= 0.3 is 6.18 Å². The van der Waals surface area contributed by atoms with Crippen LogP contribution in [-0.2, 0) is 6.54 Å². The van der Waals surface area contributed by atoms with E-state index in [-0.39, 0.29) is 5.92 Å². The number of fused-ring (bicyclic) bond motifs is 3. The number of para-hydroxylation sites is 1. The number of rotatable bonds is 8. The van der Waals surface area contributed by atoms with Crippen LogP contribution in [0.3, 0.4) is 0 Å². The molecule has 0 aliphatic heterocycles. The molecule has 1 aliphatic carbocycles. The third-order valence-electron chi connectivity index (χ3n) is 6.98. The smallest absolute Gasteiger partial charge is 0.392 e. The van der Waals surface area contributed by atoms with Crippen molar-refractivity contribution in [1.82, 2.24) is 19.6 Å². The molecule has 39 heavy (non-hydrogen) atoms. The number of benzene rings is 2. The van der Waals surface area contributed by atoms with Gasteiger partial charge in [-0.3, -0.25) is 0 Å². The van der Waals surface area contributed by atoms with E-state index in [4.69, 9.17) is 29.3 Å². The Hall–Kier alpha value is -4.02. The second-order valence-corrected chi connectivity index (χ2v) is 9.50. The topological polar surface area (TPSA) is 82.8 Å². The van der Waals surface area contributed by atoms with Gasteiger partial charge < -0.3 is 19.5 Å². The van der Waals surface area contributed by atoms with Gasteiger partial charge in [-0.2, -0.15) is 17.7 Å². The Morgan fingerprint density at radius 1 is 1.05 bits per heavy atom. The van der Waals surface area contributed by atoms with E-state index in [0.29, 0.717) is 59.6 Å². The Kier molecular flexibility index (Phi) is 7.49. The predicted octanol–water partition coefficient (Wildman–Crippen LogP) is 6.45. The number of ether oxygens (including phenoxy) is 3. The van der Waals surface area contributed by atoms with E-state index in [1.54, 1.807) is 25.8 Å². The molecule has 0 amide bonds. The zero-order valence-electron chi connectivity index (χ0n) is 22.0. The van der Waals surface area contributed by atoms with Crippen molar-refractivity contribution in [2.24, 2.45) is 0 Å². The molecule has 11 heteroatoms. The second-order valence-electron chi connectivity index (χ2n) is 9.50. The van der Waals surface area contributed by atoms with Crippen molar-refractivity contribution in [3.05, 3.63) is 59.4 Å². The van der Waals surface area contributed by atoms with E-state index >= 15 is 0 Å². The maximum absolute atomic E-state index is 12.8. The molecule has 4 aromatic rings. The van der Waals surface area contributed by atoms with E-state index in [1.165, 1.54) is 6.08 Å². The zero-order valence-corrected chi connectivity index (χ0v) is 22.0. The number of methoxy groups -OCH3 is 3. The van der Waals surface area contributed by atoms with E-state index in [9.17, 15) is 13.2 Å². The number of nitrogens with zero attached hydrogens (tertiary/aromatic N) is 4. The molecule has 206 valence electrons. The van der Waals surface area contributed by atoms with E-state index in [2.05, 4.69) is 5.32 Å². The fourth-order valence-electron chi connectivity index (χ4n) is 5.01. The first-order valence-electron chi connectivity index (χ1n) is 12.7. The van der Waals surface area contributed by atoms with Crippen molar-refractivity contribution in [2.75, 3.05) is 26.6 Å². The number of hydrogen-bond donors (Lipinski definition) is 1. The lowest BCUT2D eigenvalue weighted by molar-refractivity contribution is -0.125. The quantitative estimate of drug-likeness (QED) is 0.257. The minimum Gasteiger partial charge on any atom is -0.497 e. The summed E-state index contributed by atoms with van der Waals surface area (Å²) in [6.07, 6.45) is -1.03. The third-order valence-corrected chi connectivity index (χ3v) is 6.98. The third kappa shape index (κ3) is 5.71. The van der Waals surface area contributed by atoms with Gasteiger partial charge in [-0.05, 0) is 49.9 Å². The van der Waals surface area contributed by atoms with Gasteiger partial charge in [0.25, 0.3) is 0 Å². The van der Waals surface area contributed by atoms with Gasteiger partial charge in [0.15, 0.2) is 11.5 Å². The first-order valence-corrected chi connectivity index (χ1v) is 12.7. The first-order chi connectivity index (χ1) is 18.8. The van der Waals surface area contributed by atoms with Crippen LogP contribution < -0.4 is 19.5 Å². The standard InChI is InChI=1S/C28H30F3N5O3/c1-37-20-11-10-19(23(15-20)39-3)16-32-27-33-24-21(8-5-9-22(24)38-2)26-34-25(35-36(26)27)18-7-4-6-17(14-18)12-13-28(29,30)31/h5,8-12,15,18H,4,6-7,13-14,16H2,1-3H3,(H,32,33). The monoisotopic (exact) mass is 541 g/mol. The first kappa shape index (κ1) is 26.6. The van der Waals surface area contributed by atoms with Crippen molar-refractivity contribution in [3.8, 4) is 17.2 Å². The maximum Gasteiger partial charge on any atom is 0.392 e. The van der Waals surface area contributed by atoms with Crippen LogP contribution in [0.2, 0.25) is 0 Å². The van der Waals surface area contributed by atoms with Crippen LogP contribution >= 0.6 is 0 Å². The van der Waals surface area contributed by atoms with Crippen LogP contribution in [0.1, 0.15) is 49.4 Å². The number of nitrogens with one attached hydrogen (secondary N) is 1. The highest BCUT2D eigenvalue weighted by molar-refractivity contribution is 5.96. The fourth-order valence-corrected chi connectivity index (χ4v) is 5.01. The number of alkyl halides is 3. The Balaban J connectivity index is 1.53. The molecule has 1 unspecified atom stereocenters.